The molecular weight excluding hydrogens is 516 g/mol. The van der Waals surface area contributed by atoms with E-state index in [2.05, 4.69) is 4.74 Å². The quantitative estimate of drug-likeness (QED) is 0.204. The first-order valence-corrected chi connectivity index (χ1v) is 11.6. The van der Waals surface area contributed by atoms with Crippen LogP contribution in [0.5, 0.6) is 5.75 Å². The molecule has 198 valence electrons. The Balaban J connectivity index is 1.60. The van der Waals surface area contributed by atoms with Crippen LogP contribution in [0, 0.1) is 34.9 Å². The van der Waals surface area contributed by atoms with Gasteiger partial charge in [0.15, 0.2) is 29.0 Å². The topological polar surface area (TPSA) is 9.23 Å². The highest BCUT2D eigenvalue weighted by Gasteiger charge is 2.37. The molecule has 0 unspecified atom stereocenters. The summed E-state index contributed by atoms with van der Waals surface area (Å²) < 4.78 is 119. The Bertz CT molecular complexity index is 1460. The molecule has 0 heterocycles. The van der Waals surface area contributed by atoms with Crippen molar-refractivity contribution in [3.63, 3.8) is 0 Å². The van der Waals surface area contributed by atoms with Crippen molar-refractivity contribution >= 4 is 0 Å². The van der Waals surface area contributed by atoms with E-state index in [0.717, 1.165) is 37.1 Å². The summed E-state index contributed by atoms with van der Waals surface area (Å²) in [6.07, 6.45) is -2.03. The lowest BCUT2D eigenvalue weighted by molar-refractivity contribution is -0.188. The molecule has 0 saturated heterocycles. The molecule has 0 bridgehead atoms. The van der Waals surface area contributed by atoms with Crippen LogP contribution in [0.2, 0.25) is 0 Å². The van der Waals surface area contributed by atoms with Gasteiger partial charge in [0.25, 0.3) is 0 Å². The van der Waals surface area contributed by atoms with Crippen molar-refractivity contribution in [2.75, 3.05) is 0 Å². The average Bonchev–Trinajstić information content (AvgIpc) is 2.86. The molecule has 4 aromatic carbocycles. The molecule has 0 spiro atoms. The van der Waals surface area contributed by atoms with Gasteiger partial charge in [0.1, 0.15) is 11.6 Å². The fourth-order valence-corrected chi connectivity index (χ4v) is 3.92. The first kappa shape index (κ1) is 27.2. The predicted octanol–water partition coefficient (Wildman–Crippen LogP) is 9.33. The Morgan fingerprint density at radius 3 is 1.82 bits per heavy atom. The second-order valence-corrected chi connectivity index (χ2v) is 8.63. The molecule has 0 aliphatic carbocycles. The predicted molar refractivity (Wildman–Crippen MR) is 127 cm³/mol. The zero-order valence-corrected chi connectivity index (χ0v) is 19.9. The Hall–Kier alpha value is -3.88. The lowest BCUT2D eigenvalue weighted by Gasteiger charge is -2.20. The molecule has 0 saturated carbocycles. The molecule has 0 fully saturated rings. The number of rotatable bonds is 8. The van der Waals surface area contributed by atoms with Crippen LogP contribution in [0.25, 0.3) is 22.3 Å². The molecule has 38 heavy (non-hydrogen) atoms. The van der Waals surface area contributed by atoms with Crippen molar-refractivity contribution in [1.82, 2.24) is 0 Å². The molecule has 0 N–H and O–H groups in total. The molecule has 4 aromatic rings. The molecule has 1 nitrogen and oxygen atoms in total. The largest absolute Gasteiger partial charge is 0.427 e. The number of ether oxygens (including phenoxy) is 1. The van der Waals surface area contributed by atoms with E-state index < -0.39 is 52.3 Å². The number of aryl methyl sites for hydroxylation is 1. The van der Waals surface area contributed by atoms with Gasteiger partial charge in [-0.3, -0.25) is 0 Å². The first-order chi connectivity index (χ1) is 18.0. The van der Waals surface area contributed by atoms with Gasteiger partial charge in [-0.2, -0.15) is 8.78 Å². The van der Waals surface area contributed by atoms with Gasteiger partial charge in [-0.05, 0) is 72.0 Å². The highest BCUT2D eigenvalue weighted by atomic mass is 19.3. The van der Waals surface area contributed by atoms with Crippen LogP contribution in [-0.4, -0.2) is 0 Å². The summed E-state index contributed by atoms with van der Waals surface area (Å²) in [6, 6.07) is 9.97. The van der Waals surface area contributed by atoms with Gasteiger partial charge in [-0.1, -0.05) is 37.6 Å². The van der Waals surface area contributed by atoms with E-state index in [1.165, 1.54) is 12.1 Å². The summed E-state index contributed by atoms with van der Waals surface area (Å²) >= 11 is 0. The minimum Gasteiger partial charge on any atom is -0.423 e. The monoisotopic (exact) mass is 536 g/mol. The van der Waals surface area contributed by atoms with E-state index in [1.807, 2.05) is 6.92 Å². The summed E-state index contributed by atoms with van der Waals surface area (Å²) in [5.41, 5.74) is -1.16. The SMILES string of the molecule is CCCCc1ccc(-c2cc(F)c(OC(F)(F)c3ccc(-c4ccc(F)c(F)c4)c(F)c3)c(F)c2)c(F)c1. The van der Waals surface area contributed by atoms with E-state index in [-0.39, 0.29) is 22.3 Å². The Morgan fingerprint density at radius 1 is 0.605 bits per heavy atom. The van der Waals surface area contributed by atoms with Crippen LogP contribution in [-0.2, 0) is 12.5 Å². The molecular formula is C29H20F8O. The Labute approximate surface area is 213 Å². The van der Waals surface area contributed by atoms with Crippen LogP contribution in [0.4, 0.5) is 35.1 Å². The minimum atomic E-state index is -4.39. The molecule has 0 aromatic heterocycles. The maximum Gasteiger partial charge on any atom is 0.427 e. The Morgan fingerprint density at radius 2 is 1.21 bits per heavy atom. The first-order valence-electron chi connectivity index (χ1n) is 11.6. The van der Waals surface area contributed by atoms with E-state index in [1.54, 1.807) is 6.07 Å². The number of unbranched alkanes of at least 4 members (excludes halogenated alkanes) is 1. The molecule has 0 aliphatic rings. The fraction of sp³-hybridized carbons (Fsp3) is 0.172. The van der Waals surface area contributed by atoms with Gasteiger partial charge in [-0.15, -0.1) is 0 Å². The van der Waals surface area contributed by atoms with E-state index in [9.17, 15) is 35.1 Å². The number of halogens is 8. The molecule has 4 rings (SSSR count). The lowest BCUT2D eigenvalue weighted by Crippen LogP contribution is -2.23. The van der Waals surface area contributed by atoms with Crippen LogP contribution in [0.1, 0.15) is 30.9 Å². The third kappa shape index (κ3) is 5.66. The maximum atomic E-state index is 14.8. The Kier molecular flexibility index (Phi) is 7.76. The van der Waals surface area contributed by atoms with E-state index >= 15 is 0 Å². The summed E-state index contributed by atoms with van der Waals surface area (Å²) in [7, 11) is 0. The third-order valence-electron chi connectivity index (χ3n) is 5.93. The normalized spacial score (nSPS) is 11.6. The zero-order chi connectivity index (χ0) is 27.6. The number of benzene rings is 4. The summed E-state index contributed by atoms with van der Waals surface area (Å²) in [5.74, 6) is -8.88. The highest BCUT2D eigenvalue weighted by molar-refractivity contribution is 5.66. The zero-order valence-electron chi connectivity index (χ0n) is 19.9. The minimum absolute atomic E-state index is 0.115. The van der Waals surface area contributed by atoms with E-state index in [4.69, 9.17) is 0 Å². The van der Waals surface area contributed by atoms with Gasteiger partial charge >= 0.3 is 6.11 Å². The van der Waals surface area contributed by atoms with Crippen LogP contribution in [0.3, 0.4) is 0 Å². The van der Waals surface area contributed by atoms with Crippen molar-refractivity contribution in [3.8, 4) is 28.0 Å². The van der Waals surface area contributed by atoms with E-state index in [0.29, 0.717) is 36.2 Å². The van der Waals surface area contributed by atoms with Crippen LogP contribution >= 0.6 is 0 Å². The van der Waals surface area contributed by atoms with Gasteiger partial charge in [-0.25, -0.2) is 26.3 Å². The smallest absolute Gasteiger partial charge is 0.423 e. The van der Waals surface area contributed by atoms with Crippen molar-refractivity contribution in [2.45, 2.75) is 32.3 Å². The summed E-state index contributed by atoms with van der Waals surface area (Å²) in [5, 5.41) is 0. The highest BCUT2D eigenvalue weighted by Crippen LogP contribution is 2.38. The third-order valence-corrected chi connectivity index (χ3v) is 5.93. The number of alkyl halides is 2. The molecule has 0 atom stereocenters. The number of hydrogen-bond acceptors (Lipinski definition) is 1. The number of hydrogen-bond donors (Lipinski definition) is 0. The van der Waals surface area contributed by atoms with Crippen molar-refractivity contribution in [1.29, 1.82) is 0 Å². The van der Waals surface area contributed by atoms with Crippen molar-refractivity contribution in [3.05, 3.63) is 113 Å². The summed E-state index contributed by atoms with van der Waals surface area (Å²) in [4.78, 5) is 0. The van der Waals surface area contributed by atoms with Gasteiger partial charge in [0, 0.05) is 11.1 Å². The van der Waals surface area contributed by atoms with Crippen LogP contribution in [0.15, 0.2) is 66.7 Å². The van der Waals surface area contributed by atoms with Gasteiger partial charge in [0.05, 0.1) is 5.56 Å². The maximum absolute atomic E-state index is 14.8. The fourth-order valence-electron chi connectivity index (χ4n) is 3.92. The molecule has 9 heteroatoms. The molecule has 0 aliphatic heterocycles. The van der Waals surface area contributed by atoms with Crippen LogP contribution < -0.4 is 4.74 Å². The van der Waals surface area contributed by atoms with Gasteiger partial charge in [0.2, 0.25) is 0 Å². The molecule has 0 radical (unpaired) electrons. The summed E-state index contributed by atoms with van der Waals surface area (Å²) in [6.45, 7) is 1.98. The van der Waals surface area contributed by atoms with Crippen molar-refractivity contribution in [2.24, 2.45) is 0 Å². The molecule has 0 amide bonds. The lowest BCUT2D eigenvalue weighted by atomic mass is 10.0. The average molecular weight is 536 g/mol. The second kappa shape index (κ2) is 10.8. The van der Waals surface area contributed by atoms with Gasteiger partial charge < -0.3 is 4.74 Å². The second-order valence-electron chi connectivity index (χ2n) is 8.63. The standard InChI is InChI=1S/C29H20F8O/c1-2-3-4-16-5-8-21(23(31)11-16)18-13-26(34)28(27(35)14-18)38-29(36,37)19-7-9-20(24(32)15-19)17-6-10-22(30)25(33)12-17/h5-15H,2-4H2,1H3. The van der Waals surface area contributed by atoms with Crippen molar-refractivity contribution < 1.29 is 39.9 Å².